The topological polar surface area (TPSA) is 91.7 Å². The molecule has 0 aliphatic carbocycles. The maximum Gasteiger partial charge on any atom is 0.254 e. The van der Waals surface area contributed by atoms with Gasteiger partial charge in [-0.15, -0.1) is 0 Å². The highest BCUT2D eigenvalue weighted by Gasteiger charge is 2.36. The van der Waals surface area contributed by atoms with E-state index in [9.17, 15) is 9.59 Å². The summed E-state index contributed by atoms with van der Waals surface area (Å²) in [5.41, 5.74) is 1.68. The number of carbonyl (C=O) groups is 2. The van der Waals surface area contributed by atoms with Crippen LogP contribution in [0.15, 0.2) is 42.5 Å². The number of hydrogen-bond donors (Lipinski definition) is 1. The number of carbonyl (C=O) groups excluding carboxylic acids is 2. The van der Waals surface area contributed by atoms with Gasteiger partial charge in [0.1, 0.15) is 0 Å². The summed E-state index contributed by atoms with van der Waals surface area (Å²) in [6, 6.07) is 13.8. The van der Waals surface area contributed by atoms with Crippen molar-refractivity contribution in [2.75, 3.05) is 25.2 Å². The van der Waals surface area contributed by atoms with Crippen LogP contribution < -0.4 is 14.8 Å². The minimum absolute atomic E-state index is 0.134. The zero-order chi connectivity index (χ0) is 18.1. The molecule has 2 heterocycles. The van der Waals surface area contributed by atoms with Crippen LogP contribution in [0.2, 0.25) is 0 Å². The molecular weight excluding hydrogens is 334 g/mol. The smallest absolute Gasteiger partial charge is 0.254 e. The zero-order valence-electron chi connectivity index (χ0n) is 13.8. The first kappa shape index (κ1) is 16.0. The Hall–Kier alpha value is -3.53. The van der Waals surface area contributed by atoms with E-state index in [1.165, 1.54) is 0 Å². The molecular formula is C19H15N3O4. The van der Waals surface area contributed by atoms with E-state index in [0.717, 1.165) is 0 Å². The Labute approximate surface area is 149 Å². The molecule has 2 amide bonds. The number of benzene rings is 2. The number of rotatable bonds is 3. The molecule has 0 spiro atoms. The molecule has 7 nitrogen and oxygen atoms in total. The normalized spacial score (nSPS) is 15.1. The Morgan fingerprint density at radius 2 is 1.81 bits per heavy atom. The molecule has 2 aliphatic heterocycles. The summed E-state index contributed by atoms with van der Waals surface area (Å²) in [4.78, 5) is 26.4. The van der Waals surface area contributed by atoms with Gasteiger partial charge in [0.25, 0.3) is 5.91 Å². The van der Waals surface area contributed by atoms with Gasteiger partial charge in [0.15, 0.2) is 11.5 Å². The number of nitrogens with zero attached hydrogens (tertiary/aromatic N) is 2. The summed E-state index contributed by atoms with van der Waals surface area (Å²) < 4.78 is 10.5. The SMILES string of the molecule is N#Cc1ccc(NC(=O)C2CN(C(=O)c3ccc4c(c3)OCO4)C2)cc1. The minimum Gasteiger partial charge on any atom is -0.454 e. The fourth-order valence-electron chi connectivity index (χ4n) is 2.89. The van der Waals surface area contributed by atoms with Crippen LogP contribution in [0.1, 0.15) is 15.9 Å². The quantitative estimate of drug-likeness (QED) is 0.915. The number of likely N-dealkylation sites (tertiary alicyclic amines) is 1. The monoisotopic (exact) mass is 349 g/mol. The lowest BCUT2D eigenvalue weighted by Gasteiger charge is -2.38. The summed E-state index contributed by atoms with van der Waals surface area (Å²) in [7, 11) is 0. The van der Waals surface area contributed by atoms with Gasteiger partial charge in [-0.2, -0.15) is 5.26 Å². The third-order valence-corrected chi connectivity index (χ3v) is 4.44. The van der Waals surface area contributed by atoms with E-state index >= 15 is 0 Å². The second kappa shape index (κ2) is 6.41. The predicted octanol–water partition coefficient (Wildman–Crippen LogP) is 2.00. The van der Waals surface area contributed by atoms with Crippen molar-refractivity contribution in [3.05, 3.63) is 53.6 Å². The van der Waals surface area contributed by atoms with Crippen LogP contribution in [0, 0.1) is 17.2 Å². The van der Waals surface area contributed by atoms with Gasteiger partial charge in [0.2, 0.25) is 12.7 Å². The third-order valence-electron chi connectivity index (χ3n) is 4.44. The molecule has 0 aromatic heterocycles. The van der Waals surface area contributed by atoms with Crippen LogP contribution in [-0.4, -0.2) is 36.6 Å². The highest BCUT2D eigenvalue weighted by Crippen LogP contribution is 2.33. The van der Waals surface area contributed by atoms with Crippen molar-refractivity contribution in [3.8, 4) is 17.6 Å². The van der Waals surface area contributed by atoms with Crippen molar-refractivity contribution in [1.29, 1.82) is 5.26 Å². The fraction of sp³-hybridized carbons (Fsp3) is 0.211. The summed E-state index contributed by atoms with van der Waals surface area (Å²) >= 11 is 0. The number of anilines is 1. The van der Waals surface area contributed by atoms with Crippen molar-refractivity contribution in [2.24, 2.45) is 5.92 Å². The molecule has 4 rings (SSSR count). The van der Waals surface area contributed by atoms with Gasteiger partial charge in [-0.25, -0.2) is 0 Å². The molecule has 0 atom stereocenters. The second-order valence-corrected chi connectivity index (χ2v) is 6.15. The molecule has 0 radical (unpaired) electrons. The first-order valence-corrected chi connectivity index (χ1v) is 8.14. The standard InChI is InChI=1S/C19H15N3O4/c20-8-12-1-4-15(5-2-12)21-18(23)14-9-22(10-14)19(24)13-3-6-16-17(7-13)26-11-25-16/h1-7,14H,9-11H2,(H,21,23). The van der Waals surface area contributed by atoms with Crippen LogP contribution >= 0.6 is 0 Å². The summed E-state index contributed by atoms with van der Waals surface area (Å²) in [6.45, 7) is 0.902. The van der Waals surface area contributed by atoms with E-state index in [-0.39, 0.29) is 24.5 Å². The maximum absolute atomic E-state index is 12.5. The van der Waals surface area contributed by atoms with Gasteiger partial charge in [-0.3, -0.25) is 9.59 Å². The summed E-state index contributed by atoms with van der Waals surface area (Å²) in [5.74, 6) is 0.676. The minimum atomic E-state index is -0.247. The first-order valence-electron chi connectivity index (χ1n) is 8.14. The van der Waals surface area contributed by atoms with Crippen molar-refractivity contribution >= 4 is 17.5 Å². The van der Waals surface area contributed by atoms with E-state index in [2.05, 4.69) is 5.32 Å². The van der Waals surface area contributed by atoms with E-state index in [4.69, 9.17) is 14.7 Å². The number of nitrogens with one attached hydrogen (secondary N) is 1. The Balaban J connectivity index is 1.33. The fourth-order valence-corrected chi connectivity index (χ4v) is 2.89. The first-order chi connectivity index (χ1) is 12.6. The third kappa shape index (κ3) is 2.93. The Morgan fingerprint density at radius 3 is 2.54 bits per heavy atom. The average Bonchev–Trinajstić information content (AvgIpc) is 3.08. The number of amides is 2. The van der Waals surface area contributed by atoms with Crippen LogP contribution in [0.25, 0.3) is 0 Å². The lowest BCUT2D eigenvalue weighted by atomic mass is 9.97. The molecule has 1 fully saturated rings. The van der Waals surface area contributed by atoms with Gasteiger partial charge in [-0.05, 0) is 42.5 Å². The molecule has 2 aliphatic rings. The van der Waals surface area contributed by atoms with Gasteiger partial charge in [0.05, 0.1) is 17.6 Å². The Morgan fingerprint density at radius 1 is 1.08 bits per heavy atom. The lowest BCUT2D eigenvalue weighted by molar-refractivity contribution is -0.123. The highest BCUT2D eigenvalue weighted by molar-refractivity contribution is 5.99. The van der Waals surface area contributed by atoms with Crippen LogP contribution in [0.4, 0.5) is 5.69 Å². The number of nitriles is 1. The van der Waals surface area contributed by atoms with E-state index in [1.807, 2.05) is 6.07 Å². The average molecular weight is 349 g/mol. The summed E-state index contributed by atoms with van der Waals surface area (Å²) in [5, 5.41) is 11.6. The van der Waals surface area contributed by atoms with Crippen LogP contribution in [-0.2, 0) is 4.79 Å². The maximum atomic E-state index is 12.5. The number of ether oxygens (including phenoxy) is 2. The molecule has 2 aromatic carbocycles. The molecule has 7 heteroatoms. The largest absolute Gasteiger partial charge is 0.454 e. The van der Waals surface area contributed by atoms with E-state index in [0.29, 0.717) is 41.4 Å². The zero-order valence-corrected chi connectivity index (χ0v) is 13.8. The second-order valence-electron chi connectivity index (χ2n) is 6.15. The molecule has 0 saturated carbocycles. The molecule has 26 heavy (non-hydrogen) atoms. The highest BCUT2D eigenvalue weighted by atomic mass is 16.7. The molecule has 2 aromatic rings. The van der Waals surface area contributed by atoms with Crippen LogP contribution in [0.3, 0.4) is 0 Å². The van der Waals surface area contributed by atoms with Crippen molar-refractivity contribution in [1.82, 2.24) is 4.90 Å². The number of hydrogen-bond acceptors (Lipinski definition) is 5. The molecule has 130 valence electrons. The van der Waals surface area contributed by atoms with Crippen LogP contribution in [0.5, 0.6) is 11.5 Å². The lowest BCUT2D eigenvalue weighted by Crippen LogP contribution is -2.54. The molecule has 0 unspecified atom stereocenters. The molecule has 1 N–H and O–H groups in total. The van der Waals surface area contributed by atoms with Gasteiger partial charge in [0, 0.05) is 24.3 Å². The van der Waals surface area contributed by atoms with Crippen molar-refractivity contribution in [2.45, 2.75) is 0 Å². The summed E-state index contributed by atoms with van der Waals surface area (Å²) in [6.07, 6.45) is 0. The van der Waals surface area contributed by atoms with Gasteiger partial charge >= 0.3 is 0 Å². The predicted molar refractivity (Wildman–Crippen MR) is 91.7 cm³/mol. The molecule has 0 bridgehead atoms. The molecule has 1 saturated heterocycles. The van der Waals surface area contributed by atoms with Crippen molar-refractivity contribution < 1.29 is 19.1 Å². The Kier molecular flexibility index (Phi) is 3.93. The Bertz CT molecular complexity index is 911. The van der Waals surface area contributed by atoms with E-state index < -0.39 is 0 Å². The van der Waals surface area contributed by atoms with Gasteiger partial charge in [-0.1, -0.05) is 0 Å². The van der Waals surface area contributed by atoms with Crippen molar-refractivity contribution in [3.63, 3.8) is 0 Å². The van der Waals surface area contributed by atoms with Gasteiger partial charge < -0.3 is 19.7 Å². The van der Waals surface area contributed by atoms with E-state index in [1.54, 1.807) is 47.4 Å². The number of fused-ring (bicyclic) bond motifs is 1.